The lowest BCUT2D eigenvalue weighted by atomic mass is 9.82. The summed E-state index contributed by atoms with van der Waals surface area (Å²) in [6.07, 6.45) is 9.05. The fourth-order valence-electron chi connectivity index (χ4n) is 4.62. The van der Waals surface area contributed by atoms with Crippen LogP contribution in [-0.2, 0) is 9.57 Å². The second-order valence-electron chi connectivity index (χ2n) is 7.10. The monoisotopic (exact) mass is 293 g/mol. The summed E-state index contributed by atoms with van der Waals surface area (Å²) in [5, 5.41) is 7.95. The highest BCUT2D eigenvalue weighted by Crippen LogP contribution is 2.46. The molecule has 4 rings (SSSR count). The minimum absolute atomic E-state index is 0.126. The van der Waals surface area contributed by atoms with Crippen LogP contribution in [0.5, 0.6) is 0 Å². The molecule has 3 fully saturated rings. The molecule has 0 unspecified atom stereocenters. The standard InChI is InChI=1S/C16H27N3O2/c1-2-9-19(10-3-1)11-13-12-20-18-15(21-13)16-6-4-5-14(16)17-8-7-16/h13-14,17H,1-12H2/t13-,14-,16+/m1/s1. The normalized spacial score (nSPS) is 40.3. The summed E-state index contributed by atoms with van der Waals surface area (Å²) in [5.74, 6) is 0.892. The zero-order chi connectivity index (χ0) is 14.1. The van der Waals surface area contributed by atoms with Crippen LogP contribution in [0.2, 0.25) is 0 Å². The van der Waals surface area contributed by atoms with Crippen molar-refractivity contribution in [2.75, 3.05) is 32.8 Å². The molecule has 1 aliphatic carbocycles. The summed E-state index contributed by atoms with van der Waals surface area (Å²) in [7, 11) is 0. The van der Waals surface area contributed by atoms with Gasteiger partial charge in [0, 0.05) is 12.6 Å². The molecule has 1 N–H and O–H groups in total. The predicted octanol–water partition coefficient (Wildman–Crippen LogP) is 1.73. The molecule has 3 atom stereocenters. The number of rotatable bonds is 3. The molecule has 0 spiro atoms. The third-order valence-electron chi connectivity index (χ3n) is 5.77. The minimum Gasteiger partial charge on any atom is -0.470 e. The Labute approximate surface area is 127 Å². The summed E-state index contributed by atoms with van der Waals surface area (Å²) in [6.45, 7) is 5.11. The van der Waals surface area contributed by atoms with Gasteiger partial charge in [0.15, 0.2) is 6.61 Å². The molecular weight excluding hydrogens is 266 g/mol. The van der Waals surface area contributed by atoms with Crippen LogP contribution in [0.25, 0.3) is 0 Å². The van der Waals surface area contributed by atoms with Crippen molar-refractivity contribution in [3.63, 3.8) is 0 Å². The van der Waals surface area contributed by atoms with Gasteiger partial charge < -0.3 is 14.9 Å². The van der Waals surface area contributed by atoms with Crippen molar-refractivity contribution in [1.82, 2.24) is 10.2 Å². The zero-order valence-corrected chi connectivity index (χ0v) is 12.9. The fraction of sp³-hybridized carbons (Fsp3) is 0.938. The van der Waals surface area contributed by atoms with E-state index >= 15 is 0 Å². The van der Waals surface area contributed by atoms with Gasteiger partial charge in [-0.1, -0.05) is 18.0 Å². The first-order valence-corrected chi connectivity index (χ1v) is 8.70. The van der Waals surface area contributed by atoms with Crippen LogP contribution in [0, 0.1) is 5.41 Å². The summed E-state index contributed by atoms with van der Waals surface area (Å²) in [4.78, 5) is 8.09. The van der Waals surface area contributed by atoms with Crippen LogP contribution in [0.4, 0.5) is 0 Å². The second-order valence-corrected chi connectivity index (χ2v) is 7.10. The number of hydrogen-bond donors (Lipinski definition) is 1. The molecular formula is C16H27N3O2. The van der Waals surface area contributed by atoms with Gasteiger partial charge in [-0.2, -0.15) is 0 Å². The van der Waals surface area contributed by atoms with Crippen molar-refractivity contribution >= 4 is 5.90 Å². The number of oxime groups is 1. The Morgan fingerprint density at radius 1 is 1.19 bits per heavy atom. The van der Waals surface area contributed by atoms with Gasteiger partial charge in [-0.15, -0.1) is 0 Å². The molecule has 4 aliphatic rings. The van der Waals surface area contributed by atoms with Gasteiger partial charge in [0.2, 0.25) is 5.90 Å². The predicted molar refractivity (Wildman–Crippen MR) is 81.2 cm³/mol. The number of ether oxygens (including phenoxy) is 1. The lowest BCUT2D eigenvalue weighted by molar-refractivity contribution is -0.0216. The third-order valence-corrected chi connectivity index (χ3v) is 5.77. The summed E-state index contributed by atoms with van der Waals surface area (Å²) in [5.41, 5.74) is 0.126. The molecule has 0 aromatic heterocycles. The molecule has 0 amide bonds. The zero-order valence-electron chi connectivity index (χ0n) is 12.9. The maximum atomic E-state index is 6.32. The molecule has 3 heterocycles. The van der Waals surface area contributed by atoms with Crippen molar-refractivity contribution in [2.45, 2.75) is 57.1 Å². The smallest absolute Gasteiger partial charge is 0.234 e. The highest BCUT2D eigenvalue weighted by Gasteiger charge is 2.52. The summed E-state index contributed by atoms with van der Waals surface area (Å²) >= 11 is 0. The van der Waals surface area contributed by atoms with Crippen molar-refractivity contribution in [2.24, 2.45) is 10.6 Å². The van der Waals surface area contributed by atoms with Gasteiger partial charge in [0.05, 0.1) is 5.41 Å². The number of hydrogen-bond acceptors (Lipinski definition) is 5. The van der Waals surface area contributed by atoms with Gasteiger partial charge >= 0.3 is 0 Å². The van der Waals surface area contributed by atoms with E-state index in [2.05, 4.69) is 15.4 Å². The van der Waals surface area contributed by atoms with Gasteiger partial charge in [-0.05, 0) is 51.7 Å². The van der Waals surface area contributed by atoms with Crippen LogP contribution < -0.4 is 5.32 Å². The number of fused-ring (bicyclic) bond motifs is 1. The average Bonchev–Trinajstić information content (AvgIpc) is 3.09. The number of piperidine rings is 1. The van der Waals surface area contributed by atoms with E-state index < -0.39 is 0 Å². The van der Waals surface area contributed by atoms with Crippen molar-refractivity contribution in [3.8, 4) is 0 Å². The molecule has 3 aliphatic heterocycles. The molecule has 2 saturated heterocycles. The first-order valence-electron chi connectivity index (χ1n) is 8.70. The van der Waals surface area contributed by atoms with E-state index in [1.165, 1.54) is 51.6 Å². The largest absolute Gasteiger partial charge is 0.470 e. The molecule has 5 nitrogen and oxygen atoms in total. The SMILES string of the molecule is C1CCN(C[C@@H]2CON=C([C@]34CCC[C@H]3NCC4)O2)CC1. The van der Waals surface area contributed by atoms with Gasteiger partial charge in [-0.3, -0.25) is 4.90 Å². The summed E-state index contributed by atoms with van der Waals surface area (Å²) in [6, 6.07) is 0.550. The first-order chi connectivity index (χ1) is 10.4. The Kier molecular flexibility index (Phi) is 3.79. The van der Waals surface area contributed by atoms with Crippen molar-refractivity contribution < 1.29 is 9.57 Å². The molecule has 118 valence electrons. The van der Waals surface area contributed by atoms with Crippen LogP contribution >= 0.6 is 0 Å². The Hall–Kier alpha value is -0.810. The number of likely N-dealkylation sites (tertiary alicyclic amines) is 1. The van der Waals surface area contributed by atoms with E-state index in [1.54, 1.807) is 0 Å². The van der Waals surface area contributed by atoms with Crippen molar-refractivity contribution in [3.05, 3.63) is 0 Å². The number of nitrogens with zero attached hydrogens (tertiary/aromatic N) is 2. The minimum atomic E-state index is 0.126. The fourth-order valence-corrected chi connectivity index (χ4v) is 4.62. The van der Waals surface area contributed by atoms with E-state index in [0.29, 0.717) is 12.6 Å². The van der Waals surface area contributed by atoms with E-state index in [9.17, 15) is 0 Å². The Bertz CT molecular complexity index is 396. The van der Waals surface area contributed by atoms with Crippen LogP contribution in [0.15, 0.2) is 5.16 Å². The van der Waals surface area contributed by atoms with Crippen LogP contribution in [0.1, 0.15) is 44.9 Å². The van der Waals surface area contributed by atoms with Gasteiger partial charge in [0.1, 0.15) is 6.10 Å². The van der Waals surface area contributed by atoms with Gasteiger partial charge in [0.25, 0.3) is 0 Å². The molecule has 0 bridgehead atoms. The molecule has 5 heteroatoms. The average molecular weight is 293 g/mol. The Balaban J connectivity index is 1.41. The molecule has 21 heavy (non-hydrogen) atoms. The molecule has 1 saturated carbocycles. The van der Waals surface area contributed by atoms with Crippen molar-refractivity contribution in [1.29, 1.82) is 0 Å². The Morgan fingerprint density at radius 3 is 3.00 bits per heavy atom. The molecule has 0 radical (unpaired) electrons. The molecule has 0 aromatic rings. The first kappa shape index (κ1) is 13.8. The van der Waals surface area contributed by atoms with E-state index in [1.807, 2.05) is 0 Å². The molecule has 0 aromatic carbocycles. The summed E-state index contributed by atoms with van der Waals surface area (Å²) < 4.78 is 6.32. The number of nitrogens with one attached hydrogen (secondary N) is 1. The van der Waals surface area contributed by atoms with E-state index in [-0.39, 0.29) is 11.5 Å². The topological polar surface area (TPSA) is 46.1 Å². The maximum absolute atomic E-state index is 6.32. The van der Waals surface area contributed by atoms with Crippen LogP contribution in [-0.4, -0.2) is 55.7 Å². The van der Waals surface area contributed by atoms with E-state index in [0.717, 1.165) is 25.4 Å². The van der Waals surface area contributed by atoms with Gasteiger partial charge in [-0.25, -0.2) is 0 Å². The van der Waals surface area contributed by atoms with E-state index in [4.69, 9.17) is 9.57 Å². The lowest BCUT2D eigenvalue weighted by Gasteiger charge is -2.36. The lowest BCUT2D eigenvalue weighted by Crippen LogP contribution is -2.47. The highest BCUT2D eigenvalue weighted by atomic mass is 16.7. The maximum Gasteiger partial charge on any atom is 0.234 e. The quantitative estimate of drug-likeness (QED) is 0.861. The third kappa shape index (κ3) is 2.55. The van der Waals surface area contributed by atoms with Crippen LogP contribution in [0.3, 0.4) is 0 Å². The Morgan fingerprint density at radius 2 is 2.10 bits per heavy atom. The second kappa shape index (κ2) is 5.76. The highest BCUT2D eigenvalue weighted by molar-refractivity contribution is 5.84.